The van der Waals surface area contributed by atoms with Crippen LogP contribution in [0.1, 0.15) is 18.5 Å². The maximum atomic E-state index is 13.1. The van der Waals surface area contributed by atoms with Gasteiger partial charge in [-0.05, 0) is 17.7 Å². The molecule has 0 radical (unpaired) electrons. The molecule has 1 aromatic carbocycles. The summed E-state index contributed by atoms with van der Waals surface area (Å²) in [6, 6.07) is 4.16. The smallest absolute Gasteiger partial charge is 0.289 e. The molecular formula is C11H14F2N2O2. The van der Waals surface area contributed by atoms with Gasteiger partial charge in [-0.1, -0.05) is 12.1 Å². The summed E-state index contributed by atoms with van der Waals surface area (Å²) in [6.45, 7) is 0.0428. The van der Waals surface area contributed by atoms with Gasteiger partial charge in [-0.2, -0.15) is 0 Å². The summed E-state index contributed by atoms with van der Waals surface area (Å²) >= 11 is 0. The molecule has 1 atom stereocenters. The minimum Gasteiger partial charge on any atom is -0.390 e. The summed E-state index contributed by atoms with van der Waals surface area (Å²) in [6.07, 6.45) is 0. The van der Waals surface area contributed by atoms with Crippen LogP contribution in [0, 0.1) is 0 Å². The highest BCUT2D eigenvalue weighted by Crippen LogP contribution is 2.29. The van der Waals surface area contributed by atoms with Gasteiger partial charge in [-0.15, -0.1) is 0 Å². The molecule has 0 aromatic heterocycles. The summed E-state index contributed by atoms with van der Waals surface area (Å²) in [5.74, 6) is -3.61. The number of hydrogen-bond acceptors (Lipinski definition) is 3. The predicted molar refractivity (Wildman–Crippen MR) is 59.7 cm³/mol. The topological polar surface area (TPSA) is 75.4 Å². The second-order valence-corrected chi connectivity index (χ2v) is 3.70. The molecule has 1 rings (SSSR count). The first-order valence-corrected chi connectivity index (χ1v) is 4.98. The van der Waals surface area contributed by atoms with Gasteiger partial charge < -0.3 is 16.2 Å². The average molecular weight is 244 g/mol. The number of rotatable bonds is 4. The zero-order valence-corrected chi connectivity index (χ0v) is 9.28. The molecule has 6 heteroatoms. The monoisotopic (exact) mass is 244 g/mol. The van der Waals surface area contributed by atoms with Crippen molar-refractivity contribution in [2.75, 3.05) is 11.9 Å². The normalized spacial score (nSPS) is 13.2. The highest BCUT2D eigenvalue weighted by Gasteiger charge is 2.37. The number of nitrogens with two attached hydrogens (primary N) is 1. The van der Waals surface area contributed by atoms with Crippen LogP contribution in [0.2, 0.25) is 0 Å². The van der Waals surface area contributed by atoms with Gasteiger partial charge >= 0.3 is 0 Å². The van der Waals surface area contributed by atoms with E-state index in [9.17, 15) is 13.6 Å². The molecule has 0 bridgehead atoms. The van der Waals surface area contributed by atoms with Gasteiger partial charge in [-0.3, -0.25) is 4.79 Å². The molecule has 0 fully saturated rings. The lowest BCUT2D eigenvalue weighted by atomic mass is 10.0. The maximum Gasteiger partial charge on any atom is 0.289 e. The lowest BCUT2D eigenvalue weighted by Gasteiger charge is -2.21. The molecule has 1 aromatic rings. The Morgan fingerprint density at radius 2 is 2.00 bits per heavy atom. The maximum absolute atomic E-state index is 13.1. The Hall–Kier alpha value is -1.53. The molecule has 0 spiro atoms. The molecule has 0 aliphatic rings. The lowest BCUT2D eigenvalue weighted by molar-refractivity contribution is -0.114. The van der Waals surface area contributed by atoms with E-state index in [4.69, 9.17) is 10.8 Å². The van der Waals surface area contributed by atoms with Crippen LogP contribution < -0.4 is 11.1 Å². The van der Waals surface area contributed by atoms with E-state index in [1.807, 2.05) is 0 Å². The number of aliphatic hydroxyl groups is 1. The van der Waals surface area contributed by atoms with E-state index in [2.05, 4.69) is 5.32 Å². The highest BCUT2D eigenvalue weighted by molar-refractivity contribution is 5.88. The van der Waals surface area contributed by atoms with Crippen LogP contribution in [-0.4, -0.2) is 23.5 Å². The number of alkyl halides is 2. The van der Waals surface area contributed by atoms with Gasteiger partial charge in [-0.25, -0.2) is 8.78 Å². The van der Waals surface area contributed by atoms with E-state index >= 15 is 0 Å². The Bertz CT molecular complexity index is 393. The fourth-order valence-corrected chi connectivity index (χ4v) is 1.32. The summed E-state index contributed by atoms with van der Waals surface area (Å²) in [5.41, 5.74) is 6.03. The van der Waals surface area contributed by atoms with Crippen molar-refractivity contribution in [2.45, 2.75) is 18.9 Å². The Labute approximate surface area is 97.4 Å². The number of halogens is 2. The number of aliphatic hydroxyl groups excluding tert-OH is 1. The zero-order chi connectivity index (χ0) is 13.1. The molecule has 1 amide bonds. The Kier molecular flexibility index (Phi) is 4.14. The molecule has 4 N–H and O–H groups in total. The molecule has 94 valence electrons. The first kappa shape index (κ1) is 13.5. The third kappa shape index (κ3) is 3.47. The van der Waals surface area contributed by atoms with E-state index in [0.717, 1.165) is 0 Å². The first-order valence-electron chi connectivity index (χ1n) is 4.98. The van der Waals surface area contributed by atoms with Crippen molar-refractivity contribution in [3.05, 3.63) is 29.8 Å². The van der Waals surface area contributed by atoms with Gasteiger partial charge in [0.2, 0.25) is 5.91 Å². The van der Waals surface area contributed by atoms with Crippen LogP contribution in [0.4, 0.5) is 14.5 Å². The summed E-state index contributed by atoms with van der Waals surface area (Å²) in [4.78, 5) is 10.7. The third-order valence-electron chi connectivity index (χ3n) is 2.26. The standard InChI is InChI=1S/C11H14F2N2O2/c1-7(17)15-9-4-2-8(3-5-9)10(14)11(12,13)6-16/h2-5,10,16H,6,14H2,1H3,(H,15,17)/t10-/m0/s1. The van der Waals surface area contributed by atoms with Crippen LogP contribution in [0.3, 0.4) is 0 Å². The minimum absolute atomic E-state index is 0.193. The third-order valence-corrected chi connectivity index (χ3v) is 2.26. The van der Waals surface area contributed by atoms with Gasteiger partial charge in [0.05, 0.1) is 6.04 Å². The fraction of sp³-hybridized carbons (Fsp3) is 0.364. The number of carbonyl (C=O) groups is 1. The lowest BCUT2D eigenvalue weighted by Crippen LogP contribution is -2.36. The van der Waals surface area contributed by atoms with Crippen LogP contribution >= 0.6 is 0 Å². The summed E-state index contributed by atoms with van der Waals surface area (Å²) in [5, 5.41) is 11.0. The van der Waals surface area contributed by atoms with E-state index in [1.165, 1.54) is 31.2 Å². The molecule has 0 saturated heterocycles. The number of benzene rings is 1. The van der Waals surface area contributed by atoms with Crippen molar-refractivity contribution in [1.29, 1.82) is 0 Å². The zero-order valence-electron chi connectivity index (χ0n) is 9.28. The SMILES string of the molecule is CC(=O)Nc1ccc([C@H](N)C(F)(F)CO)cc1. The van der Waals surface area contributed by atoms with Gasteiger partial charge in [0.15, 0.2) is 0 Å². The number of hydrogen-bond donors (Lipinski definition) is 3. The number of anilines is 1. The summed E-state index contributed by atoms with van der Waals surface area (Å²) in [7, 11) is 0. The van der Waals surface area contributed by atoms with Crippen LogP contribution in [0.15, 0.2) is 24.3 Å². The van der Waals surface area contributed by atoms with Crippen LogP contribution in [0.25, 0.3) is 0 Å². The molecule has 0 aliphatic carbocycles. The van der Waals surface area contributed by atoms with Gasteiger partial charge in [0.1, 0.15) is 6.61 Å². The fourth-order valence-electron chi connectivity index (χ4n) is 1.32. The van der Waals surface area contributed by atoms with E-state index in [1.54, 1.807) is 0 Å². The predicted octanol–water partition coefficient (Wildman–Crippen LogP) is 1.27. The van der Waals surface area contributed by atoms with Crippen molar-refractivity contribution in [1.82, 2.24) is 0 Å². The van der Waals surface area contributed by atoms with Crippen molar-refractivity contribution >= 4 is 11.6 Å². The molecular weight excluding hydrogens is 230 g/mol. The van der Waals surface area contributed by atoms with E-state index < -0.39 is 18.6 Å². The summed E-state index contributed by atoms with van der Waals surface area (Å²) < 4.78 is 26.2. The van der Waals surface area contributed by atoms with Crippen LogP contribution in [0.5, 0.6) is 0 Å². The molecule has 4 nitrogen and oxygen atoms in total. The van der Waals surface area contributed by atoms with Crippen molar-refractivity contribution < 1.29 is 18.7 Å². The van der Waals surface area contributed by atoms with Gasteiger partial charge in [0.25, 0.3) is 5.92 Å². The molecule has 17 heavy (non-hydrogen) atoms. The minimum atomic E-state index is -3.37. The molecule has 0 unspecified atom stereocenters. The molecule has 0 heterocycles. The van der Waals surface area contributed by atoms with Crippen molar-refractivity contribution in [2.24, 2.45) is 5.73 Å². The second kappa shape index (κ2) is 5.20. The highest BCUT2D eigenvalue weighted by atomic mass is 19.3. The van der Waals surface area contributed by atoms with Gasteiger partial charge in [0, 0.05) is 12.6 Å². The Morgan fingerprint density at radius 1 is 1.47 bits per heavy atom. The molecule has 0 saturated carbocycles. The van der Waals surface area contributed by atoms with E-state index in [-0.39, 0.29) is 11.5 Å². The Balaban J connectivity index is 2.84. The van der Waals surface area contributed by atoms with Crippen molar-refractivity contribution in [3.63, 3.8) is 0 Å². The average Bonchev–Trinajstić information content (AvgIpc) is 2.28. The first-order chi connectivity index (χ1) is 7.86. The second-order valence-electron chi connectivity index (χ2n) is 3.70. The van der Waals surface area contributed by atoms with E-state index in [0.29, 0.717) is 5.69 Å². The number of carbonyl (C=O) groups excluding carboxylic acids is 1. The number of amides is 1. The Morgan fingerprint density at radius 3 is 2.41 bits per heavy atom. The van der Waals surface area contributed by atoms with Crippen molar-refractivity contribution in [3.8, 4) is 0 Å². The van der Waals surface area contributed by atoms with Crippen LogP contribution in [-0.2, 0) is 4.79 Å². The number of nitrogens with one attached hydrogen (secondary N) is 1. The molecule has 0 aliphatic heterocycles. The quantitative estimate of drug-likeness (QED) is 0.746. The largest absolute Gasteiger partial charge is 0.390 e.